The van der Waals surface area contributed by atoms with E-state index in [9.17, 15) is 32.3 Å². The molecule has 13 heteroatoms. The second-order valence-electron chi connectivity index (χ2n) is 11.0. The molecule has 46 heavy (non-hydrogen) atoms. The van der Waals surface area contributed by atoms with Crippen LogP contribution in [0, 0.1) is 0 Å². The van der Waals surface area contributed by atoms with E-state index in [4.69, 9.17) is 15.6 Å². The summed E-state index contributed by atoms with van der Waals surface area (Å²) in [5, 5.41) is 16.5. The summed E-state index contributed by atoms with van der Waals surface area (Å²) >= 11 is 0. The van der Waals surface area contributed by atoms with Gasteiger partial charge in [0.15, 0.2) is 11.6 Å². The third-order valence-electron chi connectivity index (χ3n) is 7.75. The van der Waals surface area contributed by atoms with E-state index < -0.39 is 18.2 Å². The number of aliphatic carboxylic acids is 1. The Morgan fingerprint density at radius 2 is 1.35 bits per heavy atom. The Kier molecular flexibility index (Phi) is 10.9. The first-order valence-electron chi connectivity index (χ1n) is 14.6. The summed E-state index contributed by atoms with van der Waals surface area (Å²) in [6.45, 7) is -0.182. The smallest absolute Gasteiger partial charge is 0.475 e. The van der Waals surface area contributed by atoms with Gasteiger partial charge in [0.25, 0.3) is 0 Å². The van der Waals surface area contributed by atoms with E-state index in [1.807, 2.05) is 36.4 Å². The topological polar surface area (TPSA) is 168 Å². The first kappa shape index (κ1) is 33.8. The molecule has 0 aromatic heterocycles. The van der Waals surface area contributed by atoms with E-state index in [1.54, 1.807) is 36.4 Å². The molecule has 0 bridgehead atoms. The van der Waals surface area contributed by atoms with Gasteiger partial charge in [0.2, 0.25) is 11.8 Å². The fourth-order valence-corrected chi connectivity index (χ4v) is 5.48. The van der Waals surface area contributed by atoms with Crippen LogP contribution in [0.5, 0.6) is 0 Å². The van der Waals surface area contributed by atoms with Crippen LogP contribution in [0.25, 0.3) is 0 Å². The van der Waals surface area contributed by atoms with Gasteiger partial charge in [-0.05, 0) is 37.3 Å². The summed E-state index contributed by atoms with van der Waals surface area (Å²) in [4.78, 5) is 60.3. The molecule has 3 aromatic rings. The van der Waals surface area contributed by atoms with Gasteiger partial charge >= 0.3 is 12.1 Å². The molecule has 1 saturated carbocycles. The predicted octanol–water partition coefficient (Wildman–Crippen LogP) is 3.62. The van der Waals surface area contributed by atoms with Crippen molar-refractivity contribution in [2.75, 3.05) is 11.9 Å². The zero-order valence-corrected chi connectivity index (χ0v) is 24.6. The predicted molar refractivity (Wildman–Crippen MR) is 162 cm³/mol. The van der Waals surface area contributed by atoms with Crippen molar-refractivity contribution in [3.8, 4) is 0 Å². The van der Waals surface area contributed by atoms with Crippen LogP contribution in [-0.2, 0) is 20.8 Å². The number of rotatable bonds is 8. The highest BCUT2D eigenvalue weighted by atomic mass is 19.4. The van der Waals surface area contributed by atoms with Crippen molar-refractivity contribution in [3.05, 3.63) is 101 Å². The Morgan fingerprint density at radius 1 is 0.804 bits per heavy atom. The molecule has 2 amide bonds. The molecular formula is C33H33F3N4O6. The second-order valence-corrected chi connectivity index (χ2v) is 11.0. The number of carboxylic acids is 1. The Labute approximate surface area is 262 Å². The van der Waals surface area contributed by atoms with Crippen molar-refractivity contribution in [1.29, 1.82) is 0 Å². The normalized spacial score (nSPS) is 17.7. The maximum atomic E-state index is 13.3. The number of hydrogen-bond acceptors (Lipinski definition) is 7. The van der Waals surface area contributed by atoms with Crippen LogP contribution in [0.1, 0.15) is 63.1 Å². The van der Waals surface area contributed by atoms with Crippen LogP contribution >= 0.6 is 0 Å². The van der Waals surface area contributed by atoms with Gasteiger partial charge in [-0.3, -0.25) is 19.2 Å². The molecule has 0 saturated heterocycles. The molecule has 0 radical (unpaired) electrons. The van der Waals surface area contributed by atoms with Crippen LogP contribution in [0.2, 0.25) is 0 Å². The second kappa shape index (κ2) is 14.8. The minimum absolute atomic E-state index is 0.0247. The molecule has 0 spiro atoms. The van der Waals surface area contributed by atoms with E-state index in [2.05, 4.69) is 16.0 Å². The summed E-state index contributed by atoms with van der Waals surface area (Å²) in [5.41, 5.74) is 8.81. The van der Waals surface area contributed by atoms with Gasteiger partial charge in [0.1, 0.15) is 6.04 Å². The lowest BCUT2D eigenvalue weighted by Gasteiger charge is -2.32. The molecule has 3 aromatic carbocycles. The third-order valence-corrected chi connectivity index (χ3v) is 7.75. The highest BCUT2D eigenvalue weighted by molar-refractivity contribution is 6.30. The summed E-state index contributed by atoms with van der Waals surface area (Å²) in [6.07, 6.45) is -1.64. The van der Waals surface area contributed by atoms with Crippen LogP contribution in [0.15, 0.2) is 72.8 Å². The lowest BCUT2D eigenvalue weighted by Crippen LogP contribution is -2.52. The fraction of sp³-hybridized carbons (Fsp3) is 0.303. The Morgan fingerprint density at radius 3 is 1.93 bits per heavy atom. The summed E-state index contributed by atoms with van der Waals surface area (Å²) < 4.78 is 31.7. The maximum Gasteiger partial charge on any atom is 0.490 e. The number of anilines is 1. The zero-order valence-electron chi connectivity index (χ0n) is 24.6. The SMILES string of the molecule is NCC(=O)N[C@@H](Cc1ccccc1)C(=O)NC1CCC(Nc2cccc3c2C(=O)c2ccccc2C3=O)CC1.O=C(O)C(F)(F)F. The molecule has 10 nitrogen and oxygen atoms in total. The average Bonchev–Trinajstić information content (AvgIpc) is 3.04. The lowest BCUT2D eigenvalue weighted by atomic mass is 9.83. The first-order valence-corrected chi connectivity index (χ1v) is 14.6. The van der Waals surface area contributed by atoms with E-state index >= 15 is 0 Å². The molecule has 6 N–H and O–H groups in total. The van der Waals surface area contributed by atoms with Crippen LogP contribution in [-0.4, -0.2) is 65.3 Å². The summed E-state index contributed by atoms with van der Waals surface area (Å²) in [5.74, 6) is -3.64. The Bertz CT molecular complexity index is 1600. The molecule has 1 atom stereocenters. The standard InChI is InChI=1S/C31H32N4O4.C2HF3O2/c32-18-27(36)35-26(17-19-7-2-1-3-8-19)31(39)34-21-15-13-20(14-16-21)33-25-12-6-11-24-28(25)30(38)23-10-5-4-9-22(23)29(24)37;3-2(4,5)1(6)7/h1-12,20-21,26,33H,13-18,32H2,(H,34,39)(H,35,36);(H,6,7)/t20?,21?,26-;/m0./s1. The molecule has 0 unspecified atom stereocenters. The number of nitrogens with two attached hydrogens (primary N) is 1. The van der Waals surface area contributed by atoms with Gasteiger partial charge in [0.05, 0.1) is 12.1 Å². The maximum absolute atomic E-state index is 13.3. The molecule has 5 rings (SSSR count). The molecule has 0 heterocycles. The minimum atomic E-state index is -5.08. The van der Waals surface area contributed by atoms with Crippen molar-refractivity contribution >= 4 is 35.0 Å². The number of benzene rings is 3. The number of ketones is 2. The van der Waals surface area contributed by atoms with Gasteiger partial charge in [-0.15, -0.1) is 0 Å². The van der Waals surface area contributed by atoms with E-state index in [-0.39, 0.29) is 42.0 Å². The number of carboxylic acid groups (broad SMARTS) is 1. The number of hydrogen-bond donors (Lipinski definition) is 5. The summed E-state index contributed by atoms with van der Waals surface area (Å²) in [7, 11) is 0. The van der Waals surface area contributed by atoms with Gasteiger partial charge < -0.3 is 26.8 Å². The molecule has 2 aliphatic carbocycles. The number of carbonyl (C=O) groups excluding carboxylic acids is 4. The quantitative estimate of drug-likeness (QED) is 0.195. The largest absolute Gasteiger partial charge is 0.490 e. The number of alkyl halides is 3. The van der Waals surface area contributed by atoms with E-state index in [0.29, 0.717) is 34.4 Å². The first-order chi connectivity index (χ1) is 21.9. The Balaban J connectivity index is 0.000000617. The van der Waals surface area contributed by atoms with Crippen molar-refractivity contribution in [2.45, 2.75) is 56.4 Å². The van der Waals surface area contributed by atoms with E-state index in [0.717, 1.165) is 31.2 Å². The number of carbonyl (C=O) groups is 5. The fourth-order valence-electron chi connectivity index (χ4n) is 5.48. The van der Waals surface area contributed by atoms with Crippen molar-refractivity contribution in [2.24, 2.45) is 5.73 Å². The Hall–Kier alpha value is -5.04. The third kappa shape index (κ3) is 8.36. The van der Waals surface area contributed by atoms with Gasteiger partial charge in [-0.2, -0.15) is 13.2 Å². The minimum Gasteiger partial charge on any atom is -0.475 e. The van der Waals surface area contributed by atoms with Gasteiger partial charge in [-0.1, -0.05) is 66.7 Å². The molecular weight excluding hydrogens is 605 g/mol. The number of amides is 2. The lowest BCUT2D eigenvalue weighted by molar-refractivity contribution is -0.192. The van der Waals surface area contributed by atoms with E-state index in [1.165, 1.54) is 0 Å². The monoisotopic (exact) mass is 638 g/mol. The van der Waals surface area contributed by atoms with Crippen LogP contribution < -0.4 is 21.7 Å². The average molecular weight is 639 g/mol. The molecule has 0 aliphatic heterocycles. The van der Waals surface area contributed by atoms with Crippen LogP contribution in [0.3, 0.4) is 0 Å². The molecule has 242 valence electrons. The number of halogens is 3. The van der Waals surface area contributed by atoms with Crippen molar-refractivity contribution < 1.29 is 42.3 Å². The highest BCUT2D eigenvalue weighted by Crippen LogP contribution is 2.33. The zero-order chi connectivity index (χ0) is 33.4. The van der Waals surface area contributed by atoms with Crippen molar-refractivity contribution in [3.63, 3.8) is 0 Å². The molecule has 2 aliphatic rings. The van der Waals surface area contributed by atoms with Gasteiger partial charge in [0, 0.05) is 40.9 Å². The molecule has 1 fully saturated rings. The summed E-state index contributed by atoms with van der Waals surface area (Å²) in [6, 6.07) is 21.2. The van der Waals surface area contributed by atoms with Crippen LogP contribution in [0.4, 0.5) is 18.9 Å². The van der Waals surface area contributed by atoms with Crippen molar-refractivity contribution in [1.82, 2.24) is 10.6 Å². The number of fused-ring (bicyclic) bond motifs is 2. The van der Waals surface area contributed by atoms with Gasteiger partial charge in [-0.25, -0.2) is 4.79 Å². The highest BCUT2D eigenvalue weighted by Gasteiger charge is 2.38. The number of nitrogens with one attached hydrogen (secondary N) is 3.